The van der Waals surface area contributed by atoms with Crippen LogP contribution in [-0.2, 0) is 11.3 Å². The molecule has 7 heteroatoms. The van der Waals surface area contributed by atoms with Gasteiger partial charge in [-0.25, -0.2) is 4.39 Å². The Labute approximate surface area is 137 Å². The number of H-pyrrole nitrogens is 1. The number of rotatable bonds is 5. The Hall–Kier alpha value is -2.34. The first kappa shape index (κ1) is 17.0. The molecule has 5 nitrogen and oxygen atoms in total. The van der Waals surface area contributed by atoms with Crippen molar-refractivity contribution in [1.82, 2.24) is 10.3 Å². The van der Waals surface area contributed by atoms with Gasteiger partial charge in [0.2, 0.25) is 0 Å². The molecule has 0 saturated carbocycles. The molecule has 0 spiro atoms. The van der Waals surface area contributed by atoms with E-state index in [1.165, 1.54) is 12.1 Å². The van der Waals surface area contributed by atoms with E-state index in [-0.39, 0.29) is 29.5 Å². The van der Waals surface area contributed by atoms with Crippen molar-refractivity contribution < 1.29 is 13.9 Å². The first-order valence-electron chi connectivity index (χ1n) is 6.91. The van der Waals surface area contributed by atoms with Crippen LogP contribution in [0.2, 0.25) is 5.02 Å². The zero-order valence-electron chi connectivity index (χ0n) is 12.7. The highest BCUT2D eigenvalue weighted by atomic mass is 35.5. The molecule has 1 heterocycles. The topological polar surface area (TPSA) is 71.2 Å². The van der Waals surface area contributed by atoms with Crippen LogP contribution < -0.4 is 15.6 Å². The van der Waals surface area contributed by atoms with E-state index in [0.717, 1.165) is 17.3 Å². The maximum Gasteiger partial charge on any atom is 0.258 e. The highest BCUT2D eigenvalue weighted by Gasteiger charge is 2.09. The number of halogens is 2. The van der Waals surface area contributed by atoms with Crippen molar-refractivity contribution >= 4 is 17.5 Å². The highest BCUT2D eigenvalue weighted by Crippen LogP contribution is 2.20. The van der Waals surface area contributed by atoms with Gasteiger partial charge in [0.05, 0.1) is 5.02 Å². The third-order valence-corrected chi connectivity index (χ3v) is 3.51. The number of carbonyl (C=O) groups excluding carboxylic acids is 1. The number of nitrogens with one attached hydrogen (secondary N) is 2. The molecule has 0 fully saturated rings. The van der Waals surface area contributed by atoms with E-state index in [9.17, 15) is 14.0 Å². The summed E-state index contributed by atoms with van der Waals surface area (Å²) in [4.78, 5) is 26.3. The maximum atomic E-state index is 13.0. The zero-order chi connectivity index (χ0) is 17.0. The summed E-state index contributed by atoms with van der Waals surface area (Å²) in [7, 11) is 0. The zero-order valence-corrected chi connectivity index (χ0v) is 13.5. The Morgan fingerprint density at radius 2 is 2.09 bits per heavy atom. The fourth-order valence-electron chi connectivity index (χ4n) is 2.05. The molecule has 1 aromatic carbocycles. The number of aromatic amines is 1. The normalized spacial score (nSPS) is 10.4. The Bertz CT molecular complexity index is 789. The summed E-state index contributed by atoms with van der Waals surface area (Å²) in [6.45, 7) is 3.44. The van der Waals surface area contributed by atoms with Crippen LogP contribution in [0.4, 0.5) is 4.39 Å². The number of ether oxygens (including phenoxy) is 1. The van der Waals surface area contributed by atoms with Crippen LogP contribution >= 0.6 is 11.6 Å². The van der Waals surface area contributed by atoms with Gasteiger partial charge in [0, 0.05) is 23.9 Å². The maximum absolute atomic E-state index is 13.0. The number of hydrogen-bond donors (Lipinski definition) is 2. The van der Waals surface area contributed by atoms with E-state index in [0.29, 0.717) is 5.56 Å². The summed E-state index contributed by atoms with van der Waals surface area (Å²) < 4.78 is 18.2. The molecule has 1 amide bonds. The minimum absolute atomic E-state index is 0.0790. The SMILES string of the molecule is Cc1cc(C)c(CNC(=O)COc2ccc(F)c(Cl)c2)c(=O)[nH]1. The third-order valence-electron chi connectivity index (χ3n) is 3.22. The van der Waals surface area contributed by atoms with Gasteiger partial charge in [0.15, 0.2) is 6.61 Å². The lowest BCUT2D eigenvalue weighted by Crippen LogP contribution is -2.31. The van der Waals surface area contributed by atoms with Crippen LogP contribution in [0.1, 0.15) is 16.8 Å². The molecule has 2 N–H and O–H groups in total. The highest BCUT2D eigenvalue weighted by molar-refractivity contribution is 6.30. The summed E-state index contributed by atoms with van der Waals surface area (Å²) in [6, 6.07) is 5.66. The van der Waals surface area contributed by atoms with Gasteiger partial charge in [0.25, 0.3) is 11.5 Å². The number of benzene rings is 1. The number of hydrogen-bond acceptors (Lipinski definition) is 3. The van der Waals surface area contributed by atoms with Crippen molar-refractivity contribution in [2.24, 2.45) is 0 Å². The van der Waals surface area contributed by atoms with E-state index in [4.69, 9.17) is 16.3 Å². The molecular weight excluding hydrogens is 323 g/mol. The molecule has 0 aliphatic heterocycles. The molecule has 1 aromatic heterocycles. The van der Waals surface area contributed by atoms with Gasteiger partial charge in [-0.3, -0.25) is 9.59 Å². The fraction of sp³-hybridized carbons (Fsp3) is 0.250. The molecule has 2 rings (SSSR count). The minimum atomic E-state index is -0.558. The lowest BCUT2D eigenvalue weighted by molar-refractivity contribution is -0.123. The van der Waals surface area contributed by atoms with Crippen molar-refractivity contribution in [3.63, 3.8) is 0 Å². The van der Waals surface area contributed by atoms with Crippen molar-refractivity contribution in [1.29, 1.82) is 0 Å². The Morgan fingerprint density at radius 1 is 1.35 bits per heavy atom. The Morgan fingerprint density at radius 3 is 2.74 bits per heavy atom. The molecule has 0 radical (unpaired) electrons. The largest absolute Gasteiger partial charge is 0.484 e. The standard InChI is InChI=1S/C16H16ClFN2O3/c1-9-5-10(2)20-16(22)12(9)7-19-15(21)8-23-11-3-4-14(18)13(17)6-11/h3-6H,7-8H2,1-2H3,(H,19,21)(H,20,22). The van der Waals surface area contributed by atoms with Gasteiger partial charge >= 0.3 is 0 Å². The second-order valence-electron chi connectivity index (χ2n) is 5.08. The van der Waals surface area contributed by atoms with E-state index in [1.807, 2.05) is 6.07 Å². The fourth-order valence-corrected chi connectivity index (χ4v) is 2.23. The van der Waals surface area contributed by atoms with E-state index in [2.05, 4.69) is 10.3 Å². The van der Waals surface area contributed by atoms with Gasteiger partial charge in [-0.05, 0) is 37.6 Å². The number of carbonyl (C=O) groups is 1. The molecule has 0 saturated heterocycles. The number of amides is 1. The second-order valence-corrected chi connectivity index (χ2v) is 5.49. The lowest BCUT2D eigenvalue weighted by Gasteiger charge is -2.09. The van der Waals surface area contributed by atoms with E-state index >= 15 is 0 Å². The molecule has 23 heavy (non-hydrogen) atoms. The number of aromatic nitrogens is 1. The summed E-state index contributed by atoms with van der Waals surface area (Å²) in [5.74, 6) is -0.668. The van der Waals surface area contributed by atoms with Crippen molar-refractivity contribution in [2.45, 2.75) is 20.4 Å². The predicted molar refractivity (Wildman–Crippen MR) is 85.3 cm³/mol. The molecule has 2 aromatic rings. The average Bonchev–Trinajstić information content (AvgIpc) is 2.47. The summed E-state index contributed by atoms with van der Waals surface area (Å²) in [5, 5.41) is 2.53. The molecule has 0 aliphatic rings. The number of pyridine rings is 1. The molecule has 0 aliphatic carbocycles. The van der Waals surface area contributed by atoms with Gasteiger partial charge in [-0.15, -0.1) is 0 Å². The van der Waals surface area contributed by atoms with Gasteiger partial charge in [-0.2, -0.15) is 0 Å². The van der Waals surface area contributed by atoms with Crippen LogP contribution in [0.15, 0.2) is 29.1 Å². The van der Waals surface area contributed by atoms with Crippen LogP contribution in [0, 0.1) is 19.7 Å². The molecule has 0 bridgehead atoms. The molecule has 0 unspecified atom stereocenters. The first-order valence-corrected chi connectivity index (χ1v) is 7.28. The van der Waals surface area contributed by atoms with Crippen LogP contribution in [0.5, 0.6) is 5.75 Å². The summed E-state index contributed by atoms with van der Waals surface area (Å²) in [6.07, 6.45) is 0. The average molecular weight is 339 g/mol. The van der Waals surface area contributed by atoms with Crippen LogP contribution in [-0.4, -0.2) is 17.5 Å². The lowest BCUT2D eigenvalue weighted by atomic mass is 10.1. The smallest absolute Gasteiger partial charge is 0.258 e. The number of aryl methyl sites for hydroxylation is 2. The Kier molecular flexibility index (Phi) is 5.39. The van der Waals surface area contributed by atoms with Crippen molar-refractivity contribution in [3.05, 3.63) is 62.3 Å². The second kappa shape index (κ2) is 7.28. The third kappa shape index (κ3) is 4.56. The van der Waals surface area contributed by atoms with E-state index < -0.39 is 11.7 Å². The van der Waals surface area contributed by atoms with Crippen LogP contribution in [0.3, 0.4) is 0 Å². The minimum Gasteiger partial charge on any atom is -0.484 e. The molecular formula is C16H16ClFN2O3. The molecule has 122 valence electrons. The monoisotopic (exact) mass is 338 g/mol. The van der Waals surface area contributed by atoms with Gasteiger partial charge in [0.1, 0.15) is 11.6 Å². The van der Waals surface area contributed by atoms with E-state index in [1.54, 1.807) is 13.8 Å². The van der Waals surface area contributed by atoms with Crippen molar-refractivity contribution in [2.75, 3.05) is 6.61 Å². The summed E-state index contributed by atoms with van der Waals surface area (Å²) in [5.41, 5.74) is 1.83. The van der Waals surface area contributed by atoms with Gasteiger partial charge < -0.3 is 15.0 Å². The Balaban J connectivity index is 1.91. The van der Waals surface area contributed by atoms with Crippen molar-refractivity contribution in [3.8, 4) is 5.75 Å². The summed E-state index contributed by atoms with van der Waals surface area (Å²) >= 11 is 5.62. The quantitative estimate of drug-likeness (QED) is 0.879. The first-order chi connectivity index (χ1) is 10.9. The molecule has 0 atom stereocenters. The van der Waals surface area contributed by atoms with Gasteiger partial charge in [-0.1, -0.05) is 11.6 Å². The van der Waals surface area contributed by atoms with Crippen LogP contribution in [0.25, 0.3) is 0 Å². The predicted octanol–water partition coefficient (Wildman–Crippen LogP) is 2.48.